The second-order valence-corrected chi connectivity index (χ2v) is 6.67. The van der Waals surface area contributed by atoms with E-state index in [4.69, 9.17) is 23.2 Å². The third kappa shape index (κ3) is 4.96. The van der Waals surface area contributed by atoms with Gasteiger partial charge in [0, 0.05) is 20.6 Å². The van der Waals surface area contributed by atoms with Gasteiger partial charge in [-0.15, -0.1) is 0 Å². The summed E-state index contributed by atoms with van der Waals surface area (Å²) in [4.78, 5) is 0. The van der Waals surface area contributed by atoms with Gasteiger partial charge in [-0.05, 0) is 61.3 Å². The minimum absolute atomic E-state index is 0.164. The van der Waals surface area contributed by atoms with E-state index in [2.05, 4.69) is 21.2 Å². The van der Waals surface area contributed by atoms with Crippen molar-refractivity contribution in [3.05, 3.63) is 67.9 Å². The van der Waals surface area contributed by atoms with E-state index in [1.807, 2.05) is 25.2 Å². The summed E-state index contributed by atoms with van der Waals surface area (Å²) in [5.41, 5.74) is 1.96. The first-order valence-corrected chi connectivity index (χ1v) is 8.09. The van der Waals surface area contributed by atoms with E-state index < -0.39 is 0 Å². The molecule has 1 nitrogen and oxygen atoms in total. The van der Waals surface area contributed by atoms with Gasteiger partial charge in [0.1, 0.15) is 5.82 Å². The van der Waals surface area contributed by atoms with Crippen LogP contribution in [0.5, 0.6) is 0 Å². The predicted octanol–water partition coefficient (Wildman–Crippen LogP) is 5.27. The van der Waals surface area contributed by atoms with Crippen LogP contribution in [0.2, 0.25) is 10.0 Å². The lowest BCUT2D eigenvalue weighted by molar-refractivity contribution is 0.552. The highest BCUT2D eigenvalue weighted by atomic mass is 79.9. The van der Waals surface area contributed by atoms with Crippen LogP contribution < -0.4 is 5.32 Å². The van der Waals surface area contributed by atoms with E-state index in [0.717, 1.165) is 22.0 Å². The summed E-state index contributed by atoms with van der Waals surface area (Å²) in [6.45, 7) is 0. The molecule has 0 aliphatic carbocycles. The lowest BCUT2D eigenvalue weighted by atomic mass is 9.99. The molecule has 0 radical (unpaired) electrons. The number of hydrogen-bond donors (Lipinski definition) is 1. The van der Waals surface area contributed by atoms with Gasteiger partial charge in [0.05, 0.1) is 0 Å². The second kappa shape index (κ2) is 7.59. The quantitative estimate of drug-likeness (QED) is 0.733. The van der Waals surface area contributed by atoms with Gasteiger partial charge in [-0.2, -0.15) is 0 Å². The van der Waals surface area contributed by atoms with Crippen LogP contribution in [-0.4, -0.2) is 13.1 Å². The molecule has 1 unspecified atom stereocenters. The van der Waals surface area contributed by atoms with E-state index >= 15 is 0 Å². The highest BCUT2D eigenvalue weighted by Gasteiger charge is 2.12. The minimum Gasteiger partial charge on any atom is -0.316 e. The summed E-state index contributed by atoms with van der Waals surface area (Å²) in [6, 6.07) is 10.6. The fourth-order valence-corrected chi connectivity index (χ4v) is 3.24. The highest BCUT2D eigenvalue weighted by molar-refractivity contribution is 9.10. The van der Waals surface area contributed by atoms with Gasteiger partial charge in [-0.1, -0.05) is 45.2 Å². The third-order valence-corrected chi connectivity index (χ3v) is 4.34. The Morgan fingerprint density at radius 2 is 1.90 bits per heavy atom. The molecule has 0 saturated heterocycles. The zero-order valence-corrected chi connectivity index (χ0v) is 14.6. The summed E-state index contributed by atoms with van der Waals surface area (Å²) >= 11 is 15.4. The monoisotopic (exact) mass is 389 g/mol. The Kier molecular flexibility index (Phi) is 6.06. The van der Waals surface area contributed by atoms with Gasteiger partial charge in [-0.25, -0.2) is 4.39 Å². The van der Waals surface area contributed by atoms with Crippen LogP contribution in [0, 0.1) is 5.82 Å². The first-order valence-electron chi connectivity index (χ1n) is 6.54. The molecular formula is C16H15BrCl2FN. The van der Waals surface area contributed by atoms with Crippen LogP contribution in [0.1, 0.15) is 11.1 Å². The van der Waals surface area contributed by atoms with Crippen molar-refractivity contribution in [3.63, 3.8) is 0 Å². The molecule has 0 aromatic heterocycles. The molecule has 2 rings (SSSR count). The number of halogens is 4. The van der Waals surface area contributed by atoms with Crippen molar-refractivity contribution in [3.8, 4) is 0 Å². The van der Waals surface area contributed by atoms with Crippen molar-refractivity contribution in [2.24, 2.45) is 0 Å². The lowest BCUT2D eigenvalue weighted by Crippen LogP contribution is -2.30. The average Bonchev–Trinajstić information content (AvgIpc) is 2.39. The maximum atomic E-state index is 13.4. The number of hydrogen-bond acceptors (Lipinski definition) is 1. The van der Waals surface area contributed by atoms with E-state index in [9.17, 15) is 4.39 Å². The number of nitrogens with one attached hydrogen (secondary N) is 1. The molecule has 112 valence electrons. The van der Waals surface area contributed by atoms with Crippen molar-refractivity contribution in [2.75, 3.05) is 7.05 Å². The molecule has 1 N–H and O–H groups in total. The normalized spacial score (nSPS) is 12.4. The van der Waals surface area contributed by atoms with Crippen molar-refractivity contribution in [1.82, 2.24) is 5.32 Å². The fourth-order valence-electron chi connectivity index (χ4n) is 2.24. The SMILES string of the molecule is CNC(Cc1cc(F)cc(Br)c1)Cc1ccc(Cl)cc1Cl. The van der Waals surface area contributed by atoms with Gasteiger partial charge >= 0.3 is 0 Å². The van der Waals surface area contributed by atoms with Crippen LogP contribution in [0.15, 0.2) is 40.9 Å². The van der Waals surface area contributed by atoms with Crippen LogP contribution in [0.3, 0.4) is 0 Å². The summed E-state index contributed by atoms with van der Waals surface area (Å²) in [5.74, 6) is -0.237. The maximum Gasteiger partial charge on any atom is 0.124 e. The number of likely N-dealkylation sites (N-methyl/N-ethyl adjacent to an activating group) is 1. The lowest BCUT2D eigenvalue weighted by Gasteiger charge is -2.17. The molecule has 0 saturated carbocycles. The molecule has 5 heteroatoms. The molecule has 0 heterocycles. The molecule has 0 amide bonds. The Morgan fingerprint density at radius 1 is 1.14 bits per heavy atom. The van der Waals surface area contributed by atoms with Gasteiger partial charge in [0.25, 0.3) is 0 Å². The first kappa shape index (κ1) is 16.8. The zero-order chi connectivity index (χ0) is 15.4. The summed E-state index contributed by atoms with van der Waals surface area (Å²) in [6.07, 6.45) is 1.46. The van der Waals surface area contributed by atoms with E-state index in [1.165, 1.54) is 6.07 Å². The molecule has 0 spiro atoms. The summed E-state index contributed by atoms with van der Waals surface area (Å²) in [5, 5.41) is 4.53. The minimum atomic E-state index is -0.237. The van der Waals surface area contributed by atoms with Crippen LogP contribution in [-0.2, 0) is 12.8 Å². The molecular weight excluding hydrogens is 376 g/mol. The fraction of sp³-hybridized carbons (Fsp3) is 0.250. The number of benzene rings is 2. The Morgan fingerprint density at radius 3 is 2.52 bits per heavy atom. The molecule has 21 heavy (non-hydrogen) atoms. The largest absolute Gasteiger partial charge is 0.316 e. The van der Waals surface area contributed by atoms with E-state index in [-0.39, 0.29) is 11.9 Å². The van der Waals surface area contributed by atoms with Crippen molar-refractivity contribution < 1.29 is 4.39 Å². The summed E-state index contributed by atoms with van der Waals surface area (Å²) in [7, 11) is 1.89. The Balaban J connectivity index is 2.12. The molecule has 0 aliphatic rings. The van der Waals surface area contributed by atoms with Crippen molar-refractivity contribution >= 4 is 39.1 Å². The van der Waals surface area contributed by atoms with Gasteiger partial charge in [-0.3, -0.25) is 0 Å². The van der Waals surface area contributed by atoms with Crippen molar-refractivity contribution in [2.45, 2.75) is 18.9 Å². The Hall–Kier alpha value is -0.610. The zero-order valence-electron chi connectivity index (χ0n) is 11.5. The molecule has 0 bridgehead atoms. The van der Waals surface area contributed by atoms with Crippen LogP contribution >= 0.6 is 39.1 Å². The highest BCUT2D eigenvalue weighted by Crippen LogP contribution is 2.23. The third-order valence-electron chi connectivity index (χ3n) is 3.29. The van der Waals surface area contributed by atoms with E-state index in [0.29, 0.717) is 16.5 Å². The maximum absolute atomic E-state index is 13.4. The molecule has 2 aromatic rings. The van der Waals surface area contributed by atoms with Crippen molar-refractivity contribution in [1.29, 1.82) is 0 Å². The second-order valence-electron chi connectivity index (χ2n) is 4.91. The first-order chi connectivity index (χ1) is 9.97. The van der Waals surface area contributed by atoms with E-state index in [1.54, 1.807) is 12.1 Å². The Bertz CT molecular complexity index is 613. The molecule has 0 fully saturated rings. The summed E-state index contributed by atoms with van der Waals surface area (Å²) < 4.78 is 14.2. The molecule has 2 aromatic carbocycles. The van der Waals surface area contributed by atoms with Gasteiger partial charge in [0.2, 0.25) is 0 Å². The molecule has 1 atom stereocenters. The molecule has 0 aliphatic heterocycles. The standard InChI is InChI=1S/C16H15BrCl2FN/c1-21-15(6-10-4-12(17)8-14(20)5-10)7-11-2-3-13(18)9-16(11)19/h2-5,8-9,15,21H,6-7H2,1H3. The number of rotatable bonds is 5. The van der Waals surface area contributed by atoms with Crippen LogP contribution in [0.4, 0.5) is 4.39 Å². The Labute approximate surface area is 142 Å². The average molecular weight is 391 g/mol. The van der Waals surface area contributed by atoms with Gasteiger partial charge < -0.3 is 5.32 Å². The van der Waals surface area contributed by atoms with Gasteiger partial charge in [0.15, 0.2) is 0 Å². The van der Waals surface area contributed by atoms with Crippen LogP contribution in [0.25, 0.3) is 0 Å². The topological polar surface area (TPSA) is 12.0 Å². The predicted molar refractivity (Wildman–Crippen MR) is 90.8 cm³/mol. The smallest absolute Gasteiger partial charge is 0.124 e.